The monoisotopic (exact) mass is 220 g/mol. The molecule has 0 aliphatic heterocycles. The van der Waals surface area contributed by atoms with Gasteiger partial charge in [0.25, 0.3) is 5.91 Å². The first-order chi connectivity index (χ1) is 7.66. The summed E-state index contributed by atoms with van der Waals surface area (Å²) in [5, 5.41) is 12.2. The number of hydrogen-bond acceptors (Lipinski definition) is 3. The molecule has 1 aromatic heterocycles. The van der Waals surface area contributed by atoms with Gasteiger partial charge >= 0.3 is 0 Å². The minimum atomic E-state index is -0.151. The van der Waals surface area contributed by atoms with Crippen molar-refractivity contribution >= 4 is 5.91 Å². The first-order valence-electron chi connectivity index (χ1n) is 5.61. The van der Waals surface area contributed by atoms with E-state index in [1.165, 1.54) is 31.3 Å². The first-order valence-corrected chi connectivity index (χ1v) is 5.61. The molecule has 0 spiro atoms. The van der Waals surface area contributed by atoms with E-state index >= 15 is 0 Å². The normalized spacial score (nSPS) is 24.3. The van der Waals surface area contributed by atoms with E-state index in [0.29, 0.717) is 11.5 Å². The van der Waals surface area contributed by atoms with E-state index < -0.39 is 0 Å². The van der Waals surface area contributed by atoms with E-state index in [2.05, 4.69) is 17.2 Å². The predicted molar refractivity (Wildman–Crippen MR) is 60.2 cm³/mol. The van der Waals surface area contributed by atoms with E-state index in [4.69, 9.17) is 0 Å². The molecule has 1 aromatic rings. The Balaban J connectivity index is 2.03. The molecule has 2 atom stereocenters. The maximum Gasteiger partial charge on any atom is 0.253 e. The molecular weight excluding hydrogens is 204 g/mol. The Morgan fingerprint density at radius 2 is 2.31 bits per heavy atom. The van der Waals surface area contributed by atoms with Gasteiger partial charge < -0.3 is 10.4 Å². The molecule has 4 heteroatoms. The molecular formula is C12H16N2O2. The minimum Gasteiger partial charge on any atom is -0.506 e. The van der Waals surface area contributed by atoms with Crippen LogP contribution >= 0.6 is 0 Å². The number of amides is 1. The number of aromatic hydroxyl groups is 1. The topological polar surface area (TPSA) is 62.2 Å². The second-order valence-electron chi connectivity index (χ2n) is 4.42. The Bertz CT molecular complexity index is 392. The Morgan fingerprint density at radius 3 is 2.94 bits per heavy atom. The van der Waals surface area contributed by atoms with E-state index in [9.17, 15) is 9.90 Å². The van der Waals surface area contributed by atoms with Crippen LogP contribution in [0.3, 0.4) is 0 Å². The summed E-state index contributed by atoms with van der Waals surface area (Å²) in [6.45, 7) is 2.15. The maximum atomic E-state index is 11.8. The summed E-state index contributed by atoms with van der Waals surface area (Å²) in [6, 6.07) is 1.69. The Hall–Kier alpha value is -1.58. The molecule has 0 aromatic carbocycles. The van der Waals surface area contributed by atoms with Crippen LogP contribution in [-0.4, -0.2) is 22.0 Å². The average molecular weight is 220 g/mol. The maximum absolute atomic E-state index is 11.8. The SMILES string of the molecule is CC1CCCC1NC(=O)c1cncc(O)c1. The number of hydrogen-bond donors (Lipinski definition) is 2. The van der Waals surface area contributed by atoms with Gasteiger partial charge in [-0.15, -0.1) is 0 Å². The molecule has 1 fully saturated rings. The van der Waals surface area contributed by atoms with Crippen LogP contribution in [0.4, 0.5) is 0 Å². The van der Waals surface area contributed by atoms with Gasteiger partial charge in [-0.2, -0.15) is 0 Å². The van der Waals surface area contributed by atoms with Crippen molar-refractivity contribution in [2.24, 2.45) is 5.92 Å². The second kappa shape index (κ2) is 4.51. The number of nitrogens with one attached hydrogen (secondary N) is 1. The van der Waals surface area contributed by atoms with Crippen LogP contribution in [0.1, 0.15) is 36.5 Å². The van der Waals surface area contributed by atoms with Crippen molar-refractivity contribution in [1.82, 2.24) is 10.3 Å². The number of carbonyl (C=O) groups is 1. The van der Waals surface area contributed by atoms with Crippen LogP contribution in [0, 0.1) is 5.92 Å². The van der Waals surface area contributed by atoms with Crippen molar-refractivity contribution in [3.05, 3.63) is 24.0 Å². The first kappa shape index (κ1) is 10.9. The number of pyridine rings is 1. The zero-order chi connectivity index (χ0) is 11.5. The smallest absolute Gasteiger partial charge is 0.253 e. The molecule has 0 bridgehead atoms. The molecule has 1 saturated carbocycles. The third kappa shape index (κ3) is 2.32. The van der Waals surface area contributed by atoms with Gasteiger partial charge in [0.05, 0.1) is 11.8 Å². The molecule has 86 valence electrons. The van der Waals surface area contributed by atoms with Gasteiger partial charge in [-0.05, 0) is 24.8 Å². The second-order valence-corrected chi connectivity index (χ2v) is 4.42. The van der Waals surface area contributed by atoms with Gasteiger partial charge in [-0.25, -0.2) is 0 Å². The largest absolute Gasteiger partial charge is 0.506 e. The highest BCUT2D eigenvalue weighted by atomic mass is 16.3. The summed E-state index contributed by atoms with van der Waals surface area (Å²) in [4.78, 5) is 15.6. The standard InChI is InChI=1S/C12H16N2O2/c1-8-3-2-4-11(8)14-12(16)9-5-10(15)7-13-6-9/h5-8,11,15H,2-4H2,1H3,(H,14,16). The molecule has 1 aliphatic rings. The molecule has 2 unspecified atom stereocenters. The highest BCUT2D eigenvalue weighted by molar-refractivity contribution is 5.94. The van der Waals surface area contributed by atoms with Crippen LogP contribution in [0.5, 0.6) is 5.75 Å². The van der Waals surface area contributed by atoms with Crippen molar-refractivity contribution in [3.8, 4) is 5.75 Å². The highest BCUT2D eigenvalue weighted by Gasteiger charge is 2.25. The van der Waals surface area contributed by atoms with Crippen LogP contribution in [0.15, 0.2) is 18.5 Å². The van der Waals surface area contributed by atoms with Gasteiger partial charge in [-0.3, -0.25) is 9.78 Å². The van der Waals surface area contributed by atoms with Crippen molar-refractivity contribution in [3.63, 3.8) is 0 Å². The van der Waals surface area contributed by atoms with Crippen LogP contribution < -0.4 is 5.32 Å². The fourth-order valence-corrected chi connectivity index (χ4v) is 2.16. The lowest BCUT2D eigenvalue weighted by atomic mass is 10.1. The summed E-state index contributed by atoms with van der Waals surface area (Å²) in [6.07, 6.45) is 6.16. The van der Waals surface area contributed by atoms with Gasteiger partial charge in [0.1, 0.15) is 5.75 Å². The van der Waals surface area contributed by atoms with Gasteiger partial charge in [-0.1, -0.05) is 13.3 Å². The Kier molecular flexibility index (Phi) is 3.08. The molecule has 0 saturated heterocycles. The minimum absolute atomic E-state index is 0.0205. The third-order valence-electron chi connectivity index (χ3n) is 3.16. The number of rotatable bonds is 2. The molecule has 4 nitrogen and oxygen atoms in total. The van der Waals surface area contributed by atoms with E-state index in [1.807, 2.05) is 0 Å². The third-order valence-corrected chi connectivity index (χ3v) is 3.16. The lowest BCUT2D eigenvalue weighted by Gasteiger charge is -2.17. The van der Waals surface area contributed by atoms with Crippen molar-refractivity contribution in [2.75, 3.05) is 0 Å². The summed E-state index contributed by atoms with van der Waals surface area (Å²) in [7, 11) is 0. The summed E-state index contributed by atoms with van der Waals surface area (Å²) >= 11 is 0. The lowest BCUT2D eigenvalue weighted by molar-refractivity contribution is 0.0929. The van der Waals surface area contributed by atoms with E-state index in [1.54, 1.807) is 0 Å². The highest BCUT2D eigenvalue weighted by Crippen LogP contribution is 2.25. The van der Waals surface area contributed by atoms with Crippen LogP contribution in [-0.2, 0) is 0 Å². The Labute approximate surface area is 94.7 Å². The Morgan fingerprint density at radius 1 is 1.50 bits per heavy atom. The lowest BCUT2D eigenvalue weighted by Crippen LogP contribution is -2.36. The van der Waals surface area contributed by atoms with Crippen molar-refractivity contribution in [2.45, 2.75) is 32.2 Å². The van der Waals surface area contributed by atoms with Gasteiger partial charge in [0.15, 0.2) is 0 Å². The summed E-state index contributed by atoms with van der Waals surface area (Å²) < 4.78 is 0. The average Bonchev–Trinajstić information content (AvgIpc) is 2.64. The number of nitrogens with zero attached hydrogens (tertiary/aromatic N) is 1. The fraction of sp³-hybridized carbons (Fsp3) is 0.500. The molecule has 1 amide bonds. The van der Waals surface area contributed by atoms with Crippen molar-refractivity contribution < 1.29 is 9.90 Å². The zero-order valence-electron chi connectivity index (χ0n) is 9.31. The molecule has 2 rings (SSSR count). The number of carbonyl (C=O) groups excluding carboxylic acids is 1. The van der Waals surface area contributed by atoms with Gasteiger partial charge in [0.2, 0.25) is 0 Å². The molecule has 2 N–H and O–H groups in total. The predicted octanol–water partition coefficient (Wildman–Crippen LogP) is 1.71. The van der Waals surface area contributed by atoms with Gasteiger partial charge in [0, 0.05) is 12.2 Å². The molecule has 0 radical (unpaired) electrons. The number of aromatic nitrogens is 1. The molecule has 1 aliphatic carbocycles. The van der Waals surface area contributed by atoms with Crippen LogP contribution in [0.25, 0.3) is 0 Å². The molecule has 16 heavy (non-hydrogen) atoms. The quantitative estimate of drug-likeness (QED) is 0.797. The van der Waals surface area contributed by atoms with Crippen molar-refractivity contribution in [1.29, 1.82) is 0 Å². The zero-order valence-corrected chi connectivity index (χ0v) is 9.31. The van der Waals surface area contributed by atoms with E-state index in [0.717, 1.165) is 6.42 Å². The summed E-state index contributed by atoms with van der Waals surface area (Å²) in [5.74, 6) is 0.406. The fourth-order valence-electron chi connectivity index (χ4n) is 2.16. The molecule has 1 heterocycles. The van der Waals surface area contributed by atoms with E-state index in [-0.39, 0.29) is 17.7 Å². The summed E-state index contributed by atoms with van der Waals surface area (Å²) in [5.41, 5.74) is 0.416. The van der Waals surface area contributed by atoms with Crippen LogP contribution in [0.2, 0.25) is 0 Å².